The standard InChI is InChI=1S/C25H27N3O3S/c1-20-10-12-23(13-11-20)26-25(29)22-8-5-9-24(18-22)32(30,31)28-16-14-27(15-17-28)19-21-6-3-2-4-7-21/h2-13,18H,14-17,19H2,1H3,(H,26,29). The van der Waals surface area contributed by atoms with Gasteiger partial charge in [0.2, 0.25) is 10.0 Å². The lowest BCUT2D eigenvalue weighted by molar-refractivity contribution is 0.102. The zero-order valence-electron chi connectivity index (χ0n) is 18.1. The largest absolute Gasteiger partial charge is 0.322 e. The molecule has 6 nitrogen and oxygen atoms in total. The summed E-state index contributed by atoms with van der Waals surface area (Å²) in [5, 5.41) is 2.82. The molecule has 0 aromatic heterocycles. The van der Waals surface area contributed by atoms with Gasteiger partial charge in [0.25, 0.3) is 5.91 Å². The summed E-state index contributed by atoms with van der Waals surface area (Å²) in [5.74, 6) is -0.335. The van der Waals surface area contributed by atoms with Crippen molar-refractivity contribution in [1.82, 2.24) is 9.21 Å². The molecule has 1 fully saturated rings. The van der Waals surface area contributed by atoms with Crippen LogP contribution >= 0.6 is 0 Å². The summed E-state index contributed by atoms with van der Waals surface area (Å²) in [6.07, 6.45) is 0. The number of carbonyl (C=O) groups excluding carboxylic acids is 1. The lowest BCUT2D eigenvalue weighted by Gasteiger charge is -2.34. The van der Waals surface area contributed by atoms with E-state index >= 15 is 0 Å². The molecule has 0 spiro atoms. The van der Waals surface area contributed by atoms with Crippen molar-refractivity contribution in [2.45, 2.75) is 18.4 Å². The van der Waals surface area contributed by atoms with Gasteiger partial charge < -0.3 is 5.32 Å². The third kappa shape index (κ3) is 5.24. The Morgan fingerprint density at radius 1 is 0.875 bits per heavy atom. The summed E-state index contributed by atoms with van der Waals surface area (Å²) in [4.78, 5) is 15.0. The fourth-order valence-electron chi connectivity index (χ4n) is 3.76. The molecule has 0 radical (unpaired) electrons. The van der Waals surface area contributed by atoms with Crippen molar-refractivity contribution in [1.29, 1.82) is 0 Å². The molecule has 166 valence electrons. The third-order valence-corrected chi connectivity index (χ3v) is 7.52. The van der Waals surface area contributed by atoms with Gasteiger partial charge in [0, 0.05) is 44.0 Å². The second-order valence-electron chi connectivity index (χ2n) is 8.01. The number of nitrogens with one attached hydrogen (secondary N) is 1. The highest BCUT2D eigenvalue weighted by Crippen LogP contribution is 2.20. The van der Waals surface area contributed by atoms with Crippen LogP contribution in [-0.2, 0) is 16.6 Å². The minimum absolute atomic E-state index is 0.144. The summed E-state index contributed by atoms with van der Waals surface area (Å²) in [6, 6.07) is 23.9. The van der Waals surface area contributed by atoms with Crippen LogP contribution in [0.25, 0.3) is 0 Å². The van der Waals surface area contributed by atoms with Crippen LogP contribution < -0.4 is 5.32 Å². The second-order valence-corrected chi connectivity index (χ2v) is 9.95. The molecule has 32 heavy (non-hydrogen) atoms. The van der Waals surface area contributed by atoms with Gasteiger partial charge >= 0.3 is 0 Å². The van der Waals surface area contributed by atoms with Crippen LogP contribution in [0.3, 0.4) is 0 Å². The molecule has 0 atom stereocenters. The molecule has 4 rings (SSSR count). The highest BCUT2D eigenvalue weighted by atomic mass is 32.2. The van der Waals surface area contributed by atoms with Gasteiger partial charge in [-0.3, -0.25) is 9.69 Å². The van der Waals surface area contributed by atoms with Gasteiger partial charge in [-0.15, -0.1) is 0 Å². The molecular formula is C25H27N3O3S. The Kier molecular flexibility index (Phi) is 6.69. The van der Waals surface area contributed by atoms with E-state index < -0.39 is 10.0 Å². The summed E-state index contributed by atoms with van der Waals surface area (Å²) < 4.78 is 27.9. The maximum atomic E-state index is 13.2. The maximum absolute atomic E-state index is 13.2. The molecule has 3 aromatic rings. The number of anilines is 1. The predicted octanol–water partition coefficient (Wildman–Crippen LogP) is 3.75. The molecule has 0 saturated carbocycles. The lowest BCUT2D eigenvalue weighted by atomic mass is 10.2. The van der Waals surface area contributed by atoms with E-state index in [-0.39, 0.29) is 10.8 Å². The molecule has 1 N–H and O–H groups in total. The summed E-state index contributed by atoms with van der Waals surface area (Å²) >= 11 is 0. The fraction of sp³-hybridized carbons (Fsp3) is 0.240. The number of benzene rings is 3. The highest BCUT2D eigenvalue weighted by Gasteiger charge is 2.29. The number of carbonyl (C=O) groups is 1. The molecule has 7 heteroatoms. The topological polar surface area (TPSA) is 69.7 Å². The molecule has 1 amide bonds. The molecule has 1 aliphatic heterocycles. The van der Waals surface area contributed by atoms with Gasteiger partial charge in [0.05, 0.1) is 4.90 Å². The van der Waals surface area contributed by atoms with Crippen LogP contribution in [-0.4, -0.2) is 49.7 Å². The molecule has 1 heterocycles. The minimum atomic E-state index is -3.67. The Morgan fingerprint density at radius 3 is 2.25 bits per heavy atom. The second kappa shape index (κ2) is 9.65. The van der Waals surface area contributed by atoms with Crippen LogP contribution in [0, 0.1) is 6.92 Å². The predicted molar refractivity (Wildman–Crippen MR) is 126 cm³/mol. The van der Waals surface area contributed by atoms with Crippen molar-refractivity contribution in [2.24, 2.45) is 0 Å². The quantitative estimate of drug-likeness (QED) is 0.622. The number of amides is 1. The number of nitrogens with zero attached hydrogens (tertiary/aromatic N) is 2. The van der Waals surface area contributed by atoms with Crippen molar-refractivity contribution in [3.05, 3.63) is 95.6 Å². The summed E-state index contributed by atoms with van der Waals surface area (Å²) in [6.45, 7) is 4.97. The average molecular weight is 450 g/mol. The van der Waals surface area contributed by atoms with E-state index in [0.717, 1.165) is 12.1 Å². The Balaban J connectivity index is 1.41. The highest BCUT2D eigenvalue weighted by molar-refractivity contribution is 7.89. The third-order valence-electron chi connectivity index (χ3n) is 5.62. The van der Waals surface area contributed by atoms with Gasteiger partial charge in [-0.1, -0.05) is 54.1 Å². The first-order chi connectivity index (χ1) is 15.4. The van der Waals surface area contributed by atoms with Crippen molar-refractivity contribution in [2.75, 3.05) is 31.5 Å². The first kappa shape index (κ1) is 22.2. The van der Waals surface area contributed by atoms with Crippen LogP contribution in [0.4, 0.5) is 5.69 Å². The van der Waals surface area contributed by atoms with Crippen LogP contribution in [0.1, 0.15) is 21.5 Å². The van der Waals surface area contributed by atoms with Crippen molar-refractivity contribution >= 4 is 21.6 Å². The van der Waals surface area contributed by atoms with E-state index in [4.69, 9.17) is 0 Å². The van der Waals surface area contributed by atoms with E-state index in [0.29, 0.717) is 37.4 Å². The van der Waals surface area contributed by atoms with Crippen LogP contribution in [0.2, 0.25) is 0 Å². The monoisotopic (exact) mass is 449 g/mol. The van der Waals surface area contributed by atoms with Gasteiger partial charge in [0.1, 0.15) is 0 Å². The molecule has 0 aliphatic carbocycles. The number of sulfonamides is 1. The van der Waals surface area contributed by atoms with Gasteiger partial charge in [-0.25, -0.2) is 8.42 Å². The molecule has 0 bridgehead atoms. The number of hydrogen-bond donors (Lipinski definition) is 1. The normalized spacial score (nSPS) is 15.4. The van der Waals surface area contributed by atoms with E-state index in [1.54, 1.807) is 18.2 Å². The van der Waals surface area contributed by atoms with E-state index in [1.165, 1.54) is 15.9 Å². The summed E-state index contributed by atoms with van der Waals surface area (Å²) in [5.41, 5.74) is 3.30. The number of rotatable bonds is 6. The van der Waals surface area contributed by atoms with E-state index in [1.807, 2.05) is 49.4 Å². The fourth-order valence-corrected chi connectivity index (χ4v) is 5.23. The first-order valence-electron chi connectivity index (χ1n) is 10.7. The molecule has 1 aliphatic rings. The van der Waals surface area contributed by atoms with Crippen molar-refractivity contribution in [3.8, 4) is 0 Å². The van der Waals surface area contributed by atoms with Crippen molar-refractivity contribution in [3.63, 3.8) is 0 Å². The van der Waals surface area contributed by atoms with Crippen molar-refractivity contribution < 1.29 is 13.2 Å². The molecular weight excluding hydrogens is 422 g/mol. The lowest BCUT2D eigenvalue weighted by Crippen LogP contribution is -2.48. The maximum Gasteiger partial charge on any atom is 0.255 e. The SMILES string of the molecule is Cc1ccc(NC(=O)c2cccc(S(=O)(=O)N3CCN(Cc4ccccc4)CC3)c2)cc1. The Bertz CT molecular complexity index is 1170. The number of hydrogen-bond acceptors (Lipinski definition) is 4. The minimum Gasteiger partial charge on any atom is -0.322 e. The van der Waals surface area contributed by atoms with Gasteiger partial charge in [0.15, 0.2) is 0 Å². The molecule has 0 unspecified atom stereocenters. The van der Waals surface area contributed by atoms with Crippen LogP contribution in [0.5, 0.6) is 0 Å². The molecule has 1 saturated heterocycles. The van der Waals surface area contributed by atoms with E-state index in [2.05, 4.69) is 22.3 Å². The number of aryl methyl sites for hydroxylation is 1. The summed E-state index contributed by atoms with van der Waals surface area (Å²) in [7, 11) is -3.67. The Hall–Kier alpha value is -3.00. The number of piperazine rings is 1. The van der Waals surface area contributed by atoms with Gasteiger partial charge in [-0.05, 0) is 42.8 Å². The molecule has 3 aromatic carbocycles. The Labute approximate surface area is 189 Å². The van der Waals surface area contributed by atoms with Gasteiger partial charge in [-0.2, -0.15) is 4.31 Å². The Morgan fingerprint density at radius 2 is 1.56 bits per heavy atom. The van der Waals surface area contributed by atoms with Crippen LogP contribution in [0.15, 0.2) is 83.8 Å². The zero-order chi connectivity index (χ0) is 22.6. The zero-order valence-corrected chi connectivity index (χ0v) is 18.9. The average Bonchev–Trinajstić information content (AvgIpc) is 2.82. The van der Waals surface area contributed by atoms with E-state index in [9.17, 15) is 13.2 Å². The smallest absolute Gasteiger partial charge is 0.255 e. The first-order valence-corrected chi connectivity index (χ1v) is 12.1.